The molecule has 0 radical (unpaired) electrons. The molecule has 0 aromatic heterocycles. The number of benzene rings is 1. The summed E-state index contributed by atoms with van der Waals surface area (Å²) < 4.78 is 5.54. The Labute approximate surface area is 129 Å². The number of carbonyl (C=O) groups is 1. The lowest BCUT2D eigenvalue weighted by Crippen LogP contribution is -2.51. The number of halogens is 1. The maximum Gasteiger partial charge on any atom is 0.255 e. The van der Waals surface area contributed by atoms with Crippen LogP contribution in [0.4, 0.5) is 0 Å². The van der Waals surface area contributed by atoms with Crippen LogP contribution < -0.4 is 10.1 Å². The minimum Gasteiger partial charge on any atom is -0.493 e. The van der Waals surface area contributed by atoms with Crippen molar-refractivity contribution in [3.8, 4) is 5.75 Å². The first-order valence-corrected chi connectivity index (χ1v) is 8.43. The number of para-hydroxylation sites is 1. The SMILES string of the molecule is CCOc1ccccc1C(=O)NC1(CBr)CCCCC1. The van der Waals surface area contributed by atoms with Crippen molar-refractivity contribution in [3.63, 3.8) is 0 Å². The van der Waals surface area contributed by atoms with Gasteiger partial charge in [-0.25, -0.2) is 0 Å². The summed E-state index contributed by atoms with van der Waals surface area (Å²) in [6.07, 6.45) is 5.71. The first-order chi connectivity index (χ1) is 9.71. The highest BCUT2D eigenvalue weighted by molar-refractivity contribution is 9.09. The molecule has 4 heteroatoms. The van der Waals surface area contributed by atoms with Crippen LogP contribution in [0.25, 0.3) is 0 Å². The Balaban J connectivity index is 2.14. The molecule has 0 spiro atoms. The van der Waals surface area contributed by atoms with Gasteiger partial charge in [0.25, 0.3) is 5.91 Å². The van der Waals surface area contributed by atoms with E-state index in [1.807, 2.05) is 31.2 Å². The number of alkyl halides is 1. The smallest absolute Gasteiger partial charge is 0.255 e. The summed E-state index contributed by atoms with van der Waals surface area (Å²) in [7, 11) is 0. The van der Waals surface area contributed by atoms with Gasteiger partial charge in [0.05, 0.1) is 17.7 Å². The molecule has 0 aliphatic heterocycles. The topological polar surface area (TPSA) is 38.3 Å². The second-order valence-corrected chi connectivity index (χ2v) is 5.92. The van der Waals surface area contributed by atoms with Crippen LogP contribution in [0, 0.1) is 0 Å². The molecule has 1 fully saturated rings. The zero-order valence-corrected chi connectivity index (χ0v) is 13.5. The fourth-order valence-corrected chi connectivity index (χ4v) is 3.47. The predicted octanol–water partition coefficient (Wildman–Crippen LogP) is 3.91. The van der Waals surface area contributed by atoms with Crippen LogP contribution in [0.15, 0.2) is 24.3 Å². The van der Waals surface area contributed by atoms with Crippen LogP contribution in [0.5, 0.6) is 5.75 Å². The highest BCUT2D eigenvalue weighted by atomic mass is 79.9. The predicted molar refractivity (Wildman–Crippen MR) is 84.7 cm³/mol. The van der Waals surface area contributed by atoms with Gasteiger partial charge in [0.15, 0.2) is 0 Å². The van der Waals surface area contributed by atoms with Crippen molar-refractivity contribution in [2.24, 2.45) is 0 Å². The number of hydrogen-bond acceptors (Lipinski definition) is 2. The van der Waals surface area contributed by atoms with Crippen molar-refractivity contribution >= 4 is 21.8 Å². The van der Waals surface area contributed by atoms with E-state index < -0.39 is 0 Å². The molecule has 0 saturated heterocycles. The molecule has 3 nitrogen and oxygen atoms in total. The zero-order chi connectivity index (χ0) is 14.4. The summed E-state index contributed by atoms with van der Waals surface area (Å²) in [5.41, 5.74) is 0.523. The van der Waals surface area contributed by atoms with E-state index in [4.69, 9.17) is 4.74 Å². The number of nitrogens with one attached hydrogen (secondary N) is 1. The van der Waals surface area contributed by atoms with E-state index >= 15 is 0 Å². The lowest BCUT2D eigenvalue weighted by Gasteiger charge is -2.36. The molecule has 1 aromatic carbocycles. The third kappa shape index (κ3) is 3.54. The van der Waals surface area contributed by atoms with Crippen molar-refractivity contribution in [2.45, 2.75) is 44.6 Å². The normalized spacial score (nSPS) is 17.5. The lowest BCUT2D eigenvalue weighted by molar-refractivity contribution is 0.0882. The molecule has 0 bridgehead atoms. The highest BCUT2D eigenvalue weighted by Gasteiger charge is 2.33. The van der Waals surface area contributed by atoms with E-state index in [9.17, 15) is 4.79 Å². The Morgan fingerprint density at radius 1 is 1.30 bits per heavy atom. The molecule has 0 unspecified atom stereocenters. The van der Waals surface area contributed by atoms with E-state index in [2.05, 4.69) is 21.2 Å². The van der Waals surface area contributed by atoms with Gasteiger partial charge in [0.2, 0.25) is 0 Å². The number of amides is 1. The van der Waals surface area contributed by atoms with Crippen molar-refractivity contribution in [1.29, 1.82) is 0 Å². The van der Waals surface area contributed by atoms with Crippen LogP contribution in [0.2, 0.25) is 0 Å². The minimum atomic E-state index is -0.103. The van der Waals surface area contributed by atoms with E-state index in [1.54, 1.807) is 0 Å². The molecule has 0 atom stereocenters. The number of hydrogen-bond donors (Lipinski definition) is 1. The highest BCUT2D eigenvalue weighted by Crippen LogP contribution is 2.30. The van der Waals surface area contributed by atoms with Crippen LogP contribution >= 0.6 is 15.9 Å². The minimum absolute atomic E-state index is 0.0320. The second-order valence-electron chi connectivity index (χ2n) is 5.36. The van der Waals surface area contributed by atoms with Crippen LogP contribution in [0.3, 0.4) is 0 Å². The molecule has 1 aromatic rings. The summed E-state index contributed by atoms with van der Waals surface area (Å²) >= 11 is 3.57. The molecule has 0 heterocycles. The average Bonchev–Trinajstić information content (AvgIpc) is 2.49. The van der Waals surface area contributed by atoms with Crippen molar-refractivity contribution in [3.05, 3.63) is 29.8 Å². The van der Waals surface area contributed by atoms with Crippen LogP contribution in [0.1, 0.15) is 49.4 Å². The Hall–Kier alpha value is -1.03. The summed E-state index contributed by atoms with van der Waals surface area (Å²) in [5.74, 6) is 0.628. The fourth-order valence-electron chi connectivity index (χ4n) is 2.76. The molecule has 1 aliphatic carbocycles. The first kappa shape index (κ1) is 15.4. The molecule has 1 saturated carbocycles. The summed E-state index contributed by atoms with van der Waals surface area (Å²) in [4.78, 5) is 12.6. The summed E-state index contributed by atoms with van der Waals surface area (Å²) in [6, 6.07) is 7.44. The lowest BCUT2D eigenvalue weighted by atomic mass is 9.83. The number of ether oxygens (including phenoxy) is 1. The van der Waals surface area contributed by atoms with Gasteiger partial charge in [-0.3, -0.25) is 4.79 Å². The van der Waals surface area contributed by atoms with Gasteiger partial charge in [-0.15, -0.1) is 0 Å². The third-order valence-electron chi connectivity index (χ3n) is 3.88. The van der Waals surface area contributed by atoms with Gasteiger partial charge in [-0.1, -0.05) is 47.3 Å². The quantitative estimate of drug-likeness (QED) is 0.826. The molecular weight excluding hydrogens is 318 g/mol. The molecule has 1 N–H and O–H groups in total. The van der Waals surface area contributed by atoms with E-state index in [1.165, 1.54) is 19.3 Å². The van der Waals surface area contributed by atoms with Crippen molar-refractivity contribution in [1.82, 2.24) is 5.32 Å². The number of rotatable bonds is 5. The maximum absolute atomic E-state index is 12.6. The van der Waals surface area contributed by atoms with Gasteiger partial charge < -0.3 is 10.1 Å². The largest absolute Gasteiger partial charge is 0.493 e. The Kier molecular flexibility index (Phi) is 5.46. The van der Waals surface area contributed by atoms with Crippen molar-refractivity contribution in [2.75, 3.05) is 11.9 Å². The van der Waals surface area contributed by atoms with Gasteiger partial charge in [-0.2, -0.15) is 0 Å². The van der Waals surface area contributed by atoms with E-state index in [0.29, 0.717) is 17.9 Å². The molecule has 110 valence electrons. The second kappa shape index (κ2) is 7.11. The molecular formula is C16H22BrNO2. The first-order valence-electron chi connectivity index (χ1n) is 7.31. The molecule has 1 aliphatic rings. The fraction of sp³-hybridized carbons (Fsp3) is 0.562. The van der Waals surface area contributed by atoms with E-state index in [0.717, 1.165) is 18.2 Å². The third-order valence-corrected chi connectivity index (χ3v) is 4.95. The maximum atomic E-state index is 12.6. The van der Waals surface area contributed by atoms with E-state index in [-0.39, 0.29) is 11.4 Å². The zero-order valence-electron chi connectivity index (χ0n) is 12.0. The summed E-state index contributed by atoms with van der Waals surface area (Å²) in [6.45, 7) is 2.49. The monoisotopic (exact) mass is 339 g/mol. The van der Waals surface area contributed by atoms with Crippen LogP contribution in [-0.4, -0.2) is 23.4 Å². The standard InChI is InChI=1S/C16H22BrNO2/c1-2-20-14-9-5-4-8-13(14)15(19)18-16(12-17)10-6-3-7-11-16/h4-5,8-9H,2-3,6-7,10-12H2,1H3,(H,18,19). The molecule has 20 heavy (non-hydrogen) atoms. The Morgan fingerprint density at radius 3 is 2.65 bits per heavy atom. The van der Waals surface area contributed by atoms with Crippen molar-refractivity contribution < 1.29 is 9.53 Å². The van der Waals surface area contributed by atoms with Gasteiger partial charge >= 0.3 is 0 Å². The van der Waals surface area contributed by atoms with Crippen LogP contribution in [-0.2, 0) is 0 Å². The number of carbonyl (C=O) groups excluding carboxylic acids is 1. The van der Waals surface area contributed by atoms with Gasteiger partial charge in [-0.05, 0) is 31.9 Å². The Morgan fingerprint density at radius 2 is 2.00 bits per heavy atom. The average molecular weight is 340 g/mol. The van der Waals surface area contributed by atoms with Gasteiger partial charge in [0.1, 0.15) is 5.75 Å². The molecule has 2 rings (SSSR count). The molecule has 1 amide bonds. The van der Waals surface area contributed by atoms with Gasteiger partial charge in [0, 0.05) is 5.33 Å². The Bertz CT molecular complexity index is 456. The summed E-state index contributed by atoms with van der Waals surface area (Å²) in [5, 5.41) is 4.04.